The number of hydrogen-bond acceptors (Lipinski definition) is 3. The summed E-state index contributed by atoms with van der Waals surface area (Å²) in [5, 5.41) is 3.76. The lowest BCUT2D eigenvalue weighted by atomic mass is 9.79. The highest BCUT2D eigenvalue weighted by Crippen LogP contribution is 2.32. The van der Waals surface area contributed by atoms with Crippen molar-refractivity contribution < 1.29 is 4.74 Å². The van der Waals surface area contributed by atoms with Crippen LogP contribution in [-0.2, 0) is 4.74 Å². The molecule has 1 N–H and O–H groups in total. The molecule has 0 amide bonds. The van der Waals surface area contributed by atoms with E-state index in [-0.39, 0.29) is 0 Å². The molecule has 0 aromatic carbocycles. The predicted molar refractivity (Wildman–Crippen MR) is 80.5 cm³/mol. The standard InChI is InChI=1S/C16H32N2O/c1-3-4-5-10-18(2)14-16(8-11-19-12-9-16)13-17-15-6-7-15/h15,17H,3-14H2,1-2H3. The van der Waals surface area contributed by atoms with Gasteiger partial charge in [0.1, 0.15) is 0 Å². The molecule has 0 radical (unpaired) electrons. The number of ether oxygens (including phenoxy) is 1. The zero-order valence-corrected chi connectivity index (χ0v) is 12.9. The van der Waals surface area contributed by atoms with Crippen LogP contribution in [0.5, 0.6) is 0 Å². The van der Waals surface area contributed by atoms with E-state index in [0.717, 1.165) is 19.3 Å². The van der Waals surface area contributed by atoms with Crippen LogP contribution >= 0.6 is 0 Å². The fourth-order valence-corrected chi connectivity index (χ4v) is 3.13. The van der Waals surface area contributed by atoms with Gasteiger partial charge in [-0.2, -0.15) is 0 Å². The Morgan fingerprint density at radius 1 is 1.21 bits per heavy atom. The molecular formula is C16H32N2O. The molecule has 1 heterocycles. The van der Waals surface area contributed by atoms with E-state index in [1.54, 1.807) is 0 Å². The molecule has 0 atom stereocenters. The molecule has 0 bridgehead atoms. The molecule has 2 aliphatic rings. The van der Waals surface area contributed by atoms with Gasteiger partial charge in [-0.3, -0.25) is 0 Å². The average Bonchev–Trinajstić information content (AvgIpc) is 3.22. The Bertz CT molecular complexity index is 247. The summed E-state index contributed by atoms with van der Waals surface area (Å²) in [5.74, 6) is 0. The smallest absolute Gasteiger partial charge is 0.0472 e. The average molecular weight is 268 g/mol. The van der Waals surface area contributed by atoms with E-state index in [1.165, 1.54) is 64.6 Å². The molecule has 1 aliphatic carbocycles. The van der Waals surface area contributed by atoms with Gasteiger partial charge in [-0.25, -0.2) is 0 Å². The van der Waals surface area contributed by atoms with Crippen LogP contribution in [0.4, 0.5) is 0 Å². The van der Waals surface area contributed by atoms with Crippen molar-refractivity contribution >= 4 is 0 Å². The van der Waals surface area contributed by atoms with Gasteiger partial charge in [0.25, 0.3) is 0 Å². The highest BCUT2D eigenvalue weighted by molar-refractivity contribution is 4.90. The third-order valence-electron chi connectivity index (χ3n) is 4.65. The van der Waals surface area contributed by atoms with Gasteiger partial charge >= 0.3 is 0 Å². The van der Waals surface area contributed by atoms with Crippen LogP contribution in [0.3, 0.4) is 0 Å². The Labute approximate surface area is 119 Å². The van der Waals surface area contributed by atoms with Crippen LogP contribution < -0.4 is 5.32 Å². The summed E-state index contributed by atoms with van der Waals surface area (Å²) in [4.78, 5) is 2.55. The minimum Gasteiger partial charge on any atom is -0.381 e. The van der Waals surface area contributed by atoms with Crippen LogP contribution in [0.2, 0.25) is 0 Å². The highest BCUT2D eigenvalue weighted by Gasteiger charge is 2.35. The molecule has 3 nitrogen and oxygen atoms in total. The van der Waals surface area contributed by atoms with Crippen molar-refractivity contribution in [2.24, 2.45) is 5.41 Å². The Morgan fingerprint density at radius 2 is 1.95 bits per heavy atom. The number of rotatable bonds is 9. The lowest BCUT2D eigenvalue weighted by molar-refractivity contribution is -0.000926. The van der Waals surface area contributed by atoms with Crippen LogP contribution in [0.25, 0.3) is 0 Å². The van der Waals surface area contributed by atoms with Crippen molar-refractivity contribution in [3.8, 4) is 0 Å². The largest absolute Gasteiger partial charge is 0.381 e. The monoisotopic (exact) mass is 268 g/mol. The van der Waals surface area contributed by atoms with Crippen LogP contribution in [0.1, 0.15) is 51.9 Å². The van der Waals surface area contributed by atoms with Gasteiger partial charge in [-0.1, -0.05) is 19.8 Å². The second-order valence-corrected chi connectivity index (χ2v) is 6.71. The van der Waals surface area contributed by atoms with Gasteiger partial charge < -0.3 is 15.0 Å². The summed E-state index contributed by atoms with van der Waals surface area (Å²) in [5.41, 5.74) is 0.460. The fraction of sp³-hybridized carbons (Fsp3) is 1.00. The molecule has 0 spiro atoms. The molecule has 0 unspecified atom stereocenters. The van der Waals surface area contributed by atoms with Gasteiger partial charge in [0, 0.05) is 32.3 Å². The molecule has 0 aromatic rings. The van der Waals surface area contributed by atoms with E-state index < -0.39 is 0 Å². The van der Waals surface area contributed by atoms with Gasteiger partial charge in [-0.05, 0) is 51.1 Å². The van der Waals surface area contributed by atoms with Crippen molar-refractivity contribution in [3.63, 3.8) is 0 Å². The van der Waals surface area contributed by atoms with E-state index in [9.17, 15) is 0 Å². The summed E-state index contributed by atoms with van der Waals surface area (Å²) in [6.07, 6.45) is 9.25. The summed E-state index contributed by atoms with van der Waals surface area (Å²) in [7, 11) is 2.30. The Hall–Kier alpha value is -0.120. The lowest BCUT2D eigenvalue weighted by Crippen LogP contribution is -2.47. The second-order valence-electron chi connectivity index (χ2n) is 6.71. The van der Waals surface area contributed by atoms with E-state index in [2.05, 4.69) is 24.2 Å². The van der Waals surface area contributed by atoms with Gasteiger partial charge in [0.05, 0.1) is 0 Å². The van der Waals surface area contributed by atoms with Crippen LogP contribution in [0, 0.1) is 5.41 Å². The van der Waals surface area contributed by atoms with E-state index in [1.807, 2.05) is 0 Å². The van der Waals surface area contributed by atoms with E-state index in [4.69, 9.17) is 4.74 Å². The third-order valence-corrected chi connectivity index (χ3v) is 4.65. The van der Waals surface area contributed by atoms with Crippen molar-refractivity contribution in [2.75, 3.05) is 39.9 Å². The highest BCUT2D eigenvalue weighted by atomic mass is 16.5. The summed E-state index contributed by atoms with van der Waals surface area (Å²) >= 11 is 0. The number of unbranched alkanes of at least 4 members (excludes halogenated alkanes) is 2. The summed E-state index contributed by atoms with van der Waals surface area (Å²) in [6, 6.07) is 0.824. The number of nitrogens with zero attached hydrogens (tertiary/aromatic N) is 1. The van der Waals surface area contributed by atoms with Crippen LogP contribution in [-0.4, -0.2) is 50.8 Å². The SMILES string of the molecule is CCCCCN(C)CC1(CNC2CC2)CCOCC1. The maximum atomic E-state index is 5.58. The normalized spacial score (nSPS) is 22.9. The zero-order valence-electron chi connectivity index (χ0n) is 12.9. The topological polar surface area (TPSA) is 24.5 Å². The fourth-order valence-electron chi connectivity index (χ4n) is 3.13. The molecule has 2 rings (SSSR count). The van der Waals surface area contributed by atoms with E-state index in [0.29, 0.717) is 5.41 Å². The molecule has 2 fully saturated rings. The third kappa shape index (κ3) is 5.41. The first-order valence-electron chi connectivity index (χ1n) is 8.24. The Morgan fingerprint density at radius 3 is 2.58 bits per heavy atom. The van der Waals surface area contributed by atoms with Gasteiger partial charge in [-0.15, -0.1) is 0 Å². The van der Waals surface area contributed by atoms with Crippen LogP contribution in [0.15, 0.2) is 0 Å². The molecule has 1 aliphatic heterocycles. The first-order chi connectivity index (χ1) is 9.24. The first-order valence-corrected chi connectivity index (χ1v) is 8.24. The molecule has 0 aromatic heterocycles. The van der Waals surface area contributed by atoms with E-state index >= 15 is 0 Å². The summed E-state index contributed by atoms with van der Waals surface area (Å²) < 4.78 is 5.58. The number of hydrogen-bond donors (Lipinski definition) is 1. The molecule has 19 heavy (non-hydrogen) atoms. The minimum atomic E-state index is 0.460. The minimum absolute atomic E-state index is 0.460. The quantitative estimate of drug-likeness (QED) is 0.651. The number of nitrogens with one attached hydrogen (secondary N) is 1. The zero-order chi connectivity index (χ0) is 13.6. The maximum absolute atomic E-state index is 5.58. The molecular weight excluding hydrogens is 236 g/mol. The Kier molecular flexibility index (Phi) is 6.11. The predicted octanol–water partition coefficient (Wildman–Crippen LogP) is 2.66. The maximum Gasteiger partial charge on any atom is 0.0472 e. The van der Waals surface area contributed by atoms with Crippen molar-refractivity contribution in [1.29, 1.82) is 0 Å². The van der Waals surface area contributed by atoms with Gasteiger partial charge in [0.2, 0.25) is 0 Å². The van der Waals surface area contributed by atoms with Crippen molar-refractivity contribution in [1.82, 2.24) is 10.2 Å². The summed E-state index contributed by atoms with van der Waals surface area (Å²) in [6.45, 7) is 7.86. The molecule has 3 heteroatoms. The lowest BCUT2D eigenvalue weighted by Gasteiger charge is -2.40. The van der Waals surface area contributed by atoms with Crippen molar-refractivity contribution in [2.45, 2.75) is 57.9 Å². The first kappa shape index (κ1) is 15.3. The molecule has 1 saturated carbocycles. The second kappa shape index (κ2) is 7.61. The molecule has 112 valence electrons. The van der Waals surface area contributed by atoms with Gasteiger partial charge in [0.15, 0.2) is 0 Å². The van der Waals surface area contributed by atoms with Crippen molar-refractivity contribution in [3.05, 3.63) is 0 Å². The Balaban J connectivity index is 1.77. The molecule has 1 saturated heterocycles.